The number of rotatable bonds is 6. The van der Waals surface area contributed by atoms with Crippen LogP contribution in [0.25, 0.3) is 0 Å². The summed E-state index contributed by atoms with van der Waals surface area (Å²) in [4.78, 5) is 25.3. The number of benzene rings is 2. The van der Waals surface area contributed by atoms with Crippen LogP contribution in [-0.4, -0.2) is 23.7 Å². The summed E-state index contributed by atoms with van der Waals surface area (Å²) in [6, 6.07) is 17.9. The van der Waals surface area contributed by atoms with E-state index in [-0.39, 0.29) is 29.8 Å². The minimum Gasteiger partial charge on any atom is -0.455 e. The molecule has 2 atom stereocenters. The standard InChI is InChI=1S/C21H23NO3S/c1-15(26-17-10-3-2-4-11-17)21(24)25-14-20(23)22-19-13-7-9-16-8-5-6-12-18(16)19/h2-6,8,10-12,15,19H,7,9,13-14H2,1H3,(H,22,23)/t15-,19-/m1/s1. The van der Waals surface area contributed by atoms with Gasteiger partial charge in [-0.3, -0.25) is 9.59 Å². The van der Waals surface area contributed by atoms with Crippen molar-refractivity contribution in [3.05, 3.63) is 65.7 Å². The Morgan fingerprint density at radius 1 is 1.15 bits per heavy atom. The normalized spacial score (nSPS) is 17.0. The van der Waals surface area contributed by atoms with Crippen LogP contribution in [0.5, 0.6) is 0 Å². The zero-order valence-electron chi connectivity index (χ0n) is 14.8. The van der Waals surface area contributed by atoms with Gasteiger partial charge in [0, 0.05) is 4.90 Å². The maximum atomic E-state index is 12.2. The predicted octanol–water partition coefficient (Wildman–Crippen LogP) is 3.90. The Bertz CT molecular complexity index is 763. The molecule has 1 aliphatic rings. The molecule has 3 rings (SSSR count). The molecule has 0 saturated carbocycles. The molecule has 0 spiro atoms. The SMILES string of the molecule is C[C@@H](Sc1ccccc1)C(=O)OCC(=O)N[C@@H]1CCCc2ccccc21. The number of fused-ring (bicyclic) bond motifs is 1. The smallest absolute Gasteiger partial charge is 0.319 e. The fourth-order valence-electron chi connectivity index (χ4n) is 3.15. The molecule has 0 fully saturated rings. The molecule has 0 aromatic heterocycles. The largest absolute Gasteiger partial charge is 0.455 e. The zero-order valence-corrected chi connectivity index (χ0v) is 15.6. The number of carbonyl (C=O) groups is 2. The molecule has 26 heavy (non-hydrogen) atoms. The van der Waals surface area contributed by atoms with Crippen LogP contribution in [0.1, 0.15) is 36.9 Å². The van der Waals surface area contributed by atoms with Crippen LogP contribution in [0, 0.1) is 0 Å². The molecule has 136 valence electrons. The van der Waals surface area contributed by atoms with Crippen molar-refractivity contribution in [2.75, 3.05) is 6.61 Å². The third-order valence-corrected chi connectivity index (χ3v) is 5.53. The fraction of sp³-hybridized carbons (Fsp3) is 0.333. The Kier molecular flexibility index (Phi) is 6.34. The van der Waals surface area contributed by atoms with Gasteiger partial charge in [-0.2, -0.15) is 0 Å². The molecule has 5 heteroatoms. The fourth-order valence-corrected chi connectivity index (χ4v) is 4.03. The first-order valence-electron chi connectivity index (χ1n) is 8.89. The van der Waals surface area contributed by atoms with E-state index in [1.165, 1.54) is 22.9 Å². The molecule has 0 aliphatic heterocycles. The van der Waals surface area contributed by atoms with Gasteiger partial charge in [-0.15, -0.1) is 11.8 Å². The number of ether oxygens (including phenoxy) is 1. The molecule has 0 bridgehead atoms. The average Bonchev–Trinajstić information content (AvgIpc) is 2.67. The van der Waals surface area contributed by atoms with Crippen LogP contribution < -0.4 is 5.32 Å². The summed E-state index contributed by atoms with van der Waals surface area (Å²) >= 11 is 1.42. The molecule has 1 N–H and O–H groups in total. The second kappa shape index (κ2) is 8.90. The van der Waals surface area contributed by atoms with Gasteiger partial charge in [0.15, 0.2) is 6.61 Å². The Hall–Kier alpha value is -2.27. The number of carbonyl (C=O) groups excluding carboxylic acids is 2. The Morgan fingerprint density at radius 2 is 1.88 bits per heavy atom. The molecule has 4 nitrogen and oxygen atoms in total. The van der Waals surface area contributed by atoms with E-state index >= 15 is 0 Å². The third kappa shape index (κ3) is 4.88. The van der Waals surface area contributed by atoms with Crippen molar-refractivity contribution < 1.29 is 14.3 Å². The van der Waals surface area contributed by atoms with Gasteiger partial charge in [0.1, 0.15) is 5.25 Å². The lowest BCUT2D eigenvalue weighted by Gasteiger charge is -2.26. The Labute approximate surface area is 158 Å². The number of amides is 1. The van der Waals surface area contributed by atoms with Gasteiger partial charge < -0.3 is 10.1 Å². The van der Waals surface area contributed by atoms with Crippen molar-refractivity contribution >= 4 is 23.6 Å². The lowest BCUT2D eigenvalue weighted by molar-refractivity contribution is -0.147. The van der Waals surface area contributed by atoms with Gasteiger partial charge >= 0.3 is 5.97 Å². The molecule has 1 aliphatic carbocycles. The second-order valence-corrected chi connectivity index (χ2v) is 7.81. The van der Waals surface area contributed by atoms with E-state index < -0.39 is 0 Å². The molecule has 0 radical (unpaired) electrons. The summed E-state index contributed by atoms with van der Waals surface area (Å²) in [5.41, 5.74) is 2.46. The first-order valence-corrected chi connectivity index (χ1v) is 9.77. The summed E-state index contributed by atoms with van der Waals surface area (Å²) < 4.78 is 5.20. The number of thioether (sulfide) groups is 1. The Balaban J connectivity index is 1.48. The highest BCUT2D eigenvalue weighted by Gasteiger charge is 2.22. The highest BCUT2D eigenvalue weighted by molar-refractivity contribution is 8.00. The van der Waals surface area contributed by atoms with Crippen LogP contribution >= 0.6 is 11.8 Å². The van der Waals surface area contributed by atoms with E-state index in [9.17, 15) is 9.59 Å². The first kappa shape index (κ1) is 18.5. The predicted molar refractivity (Wildman–Crippen MR) is 103 cm³/mol. The van der Waals surface area contributed by atoms with Gasteiger partial charge in [-0.25, -0.2) is 0 Å². The van der Waals surface area contributed by atoms with Crippen LogP contribution in [0.2, 0.25) is 0 Å². The molecular formula is C21H23NO3S. The minimum atomic E-state index is -0.377. The lowest BCUT2D eigenvalue weighted by Crippen LogP contribution is -2.35. The maximum Gasteiger partial charge on any atom is 0.319 e. The lowest BCUT2D eigenvalue weighted by atomic mass is 9.88. The van der Waals surface area contributed by atoms with Crippen molar-refractivity contribution in [2.45, 2.75) is 42.4 Å². The molecule has 1 amide bonds. The molecule has 2 aromatic carbocycles. The molecular weight excluding hydrogens is 346 g/mol. The Morgan fingerprint density at radius 3 is 2.69 bits per heavy atom. The van der Waals surface area contributed by atoms with Crippen molar-refractivity contribution in [3.63, 3.8) is 0 Å². The average molecular weight is 369 g/mol. The van der Waals surface area contributed by atoms with E-state index in [1.54, 1.807) is 6.92 Å². The molecule has 2 aromatic rings. The van der Waals surface area contributed by atoms with Gasteiger partial charge in [0.2, 0.25) is 0 Å². The highest BCUT2D eigenvalue weighted by atomic mass is 32.2. The highest BCUT2D eigenvalue weighted by Crippen LogP contribution is 2.29. The van der Waals surface area contributed by atoms with Crippen LogP contribution in [0.15, 0.2) is 59.5 Å². The summed E-state index contributed by atoms with van der Waals surface area (Å²) in [6.07, 6.45) is 3.01. The van der Waals surface area contributed by atoms with E-state index in [0.717, 1.165) is 24.2 Å². The van der Waals surface area contributed by atoms with E-state index in [1.807, 2.05) is 42.5 Å². The van der Waals surface area contributed by atoms with E-state index in [2.05, 4.69) is 17.4 Å². The van der Waals surface area contributed by atoms with Gasteiger partial charge in [-0.05, 0) is 49.4 Å². The minimum absolute atomic E-state index is 0.00210. The van der Waals surface area contributed by atoms with Gasteiger partial charge in [0.05, 0.1) is 6.04 Å². The maximum absolute atomic E-state index is 12.2. The van der Waals surface area contributed by atoms with Crippen LogP contribution in [0.3, 0.4) is 0 Å². The molecule has 0 heterocycles. The number of hydrogen-bond donors (Lipinski definition) is 1. The van der Waals surface area contributed by atoms with E-state index in [4.69, 9.17) is 4.74 Å². The van der Waals surface area contributed by atoms with Gasteiger partial charge in [-0.1, -0.05) is 42.5 Å². The summed E-state index contributed by atoms with van der Waals surface area (Å²) in [6.45, 7) is 1.55. The third-order valence-electron chi connectivity index (χ3n) is 4.44. The van der Waals surface area contributed by atoms with E-state index in [0.29, 0.717) is 0 Å². The quantitative estimate of drug-likeness (QED) is 0.620. The topological polar surface area (TPSA) is 55.4 Å². The zero-order chi connectivity index (χ0) is 18.4. The monoisotopic (exact) mass is 369 g/mol. The van der Waals surface area contributed by atoms with Crippen molar-refractivity contribution in [3.8, 4) is 0 Å². The summed E-state index contributed by atoms with van der Waals surface area (Å²) in [5, 5.41) is 2.64. The number of hydrogen-bond acceptors (Lipinski definition) is 4. The van der Waals surface area contributed by atoms with Crippen molar-refractivity contribution in [1.29, 1.82) is 0 Å². The van der Waals surface area contributed by atoms with Crippen LogP contribution in [-0.2, 0) is 20.7 Å². The molecule has 0 saturated heterocycles. The number of esters is 1. The number of nitrogens with one attached hydrogen (secondary N) is 1. The van der Waals surface area contributed by atoms with Gasteiger partial charge in [0.25, 0.3) is 5.91 Å². The van der Waals surface area contributed by atoms with Crippen LogP contribution in [0.4, 0.5) is 0 Å². The summed E-state index contributed by atoms with van der Waals surface area (Å²) in [7, 11) is 0. The molecule has 0 unspecified atom stereocenters. The summed E-state index contributed by atoms with van der Waals surface area (Å²) in [5.74, 6) is -0.630. The number of aryl methyl sites for hydroxylation is 1. The van der Waals surface area contributed by atoms with Crippen molar-refractivity contribution in [1.82, 2.24) is 5.32 Å². The first-order chi connectivity index (χ1) is 12.6. The second-order valence-electron chi connectivity index (χ2n) is 6.39. The van der Waals surface area contributed by atoms with Crippen molar-refractivity contribution in [2.24, 2.45) is 0 Å².